The van der Waals surface area contributed by atoms with Crippen molar-refractivity contribution in [2.45, 2.75) is 37.9 Å². The fourth-order valence-electron chi connectivity index (χ4n) is 1.04. The Hall–Kier alpha value is -0.160. The Morgan fingerprint density at radius 2 is 1.90 bits per heavy atom. The van der Waals surface area contributed by atoms with E-state index in [1.54, 1.807) is 6.92 Å². The van der Waals surface area contributed by atoms with Crippen molar-refractivity contribution in [1.82, 2.24) is 0 Å². The molecule has 0 radical (unpaired) electrons. The van der Waals surface area contributed by atoms with Gasteiger partial charge in [0.2, 0.25) is 0 Å². The standard InChI is InChI=1S/C6H12O4/c1-3-6(9)4(7)2-5(8)10-3/h3-9H,2H2,1H3/t3-,4+,5?,6+/m1/s1. The maximum absolute atomic E-state index is 9.08. The Balaban J connectivity index is 2.49. The van der Waals surface area contributed by atoms with Gasteiger partial charge in [-0.3, -0.25) is 0 Å². The highest BCUT2D eigenvalue weighted by molar-refractivity contribution is 4.78. The molecule has 1 saturated heterocycles. The maximum Gasteiger partial charge on any atom is 0.157 e. The zero-order valence-corrected chi connectivity index (χ0v) is 5.77. The Kier molecular flexibility index (Phi) is 2.25. The van der Waals surface area contributed by atoms with E-state index in [4.69, 9.17) is 20.1 Å². The number of ether oxygens (including phenoxy) is 1. The molecule has 4 nitrogen and oxygen atoms in total. The Bertz CT molecular complexity index is 104. The SMILES string of the molecule is C[C@H]1OC(O)C[C@H](O)[C@H]1O. The normalized spacial score (nSPS) is 49.2. The van der Waals surface area contributed by atoms with Crippen LogP contribution in [0.15, 0.2) is 0 Å². The molecule has 0 amide bonds. The smallest absolute Gasteiger partial charge is 0.157 e. The molecule has 1 rings (SSSR count). The molecule has 0 saturated carbocycles. The van der Waals surface area contributed by atoms with Crippen molar-refractivity contribution in [2.24, 2.45) is 0 Å². The number of aliphatic hydroxyl groups excluding tert-OH is 3. The van der Waals surface area contributed by atoms with Gasteiger partial charge in [0.25, 0.3) is 0 Å². The summed E-state index contributed by atoms with van der Waals surface area (Å²) in [5.41, 5.74) is 0. The molecule has 0 aromatic heterocycles. The summed E-state index contributed by atoms with van der Waals surface area (Å²) < 4.78 is 4.81. The zero-order chi connectivity index (χ0) is 7.72. The lowest BCUT2D eigenvalue weighted by Gasteiger charge is -2.32. The van der Waals surface area contributed by atoms with Crippen LogP contribution in [-0.4, -0.2) is 39.9 Å². The number of rotatable bonds is 0. The second kappa shape index (κ2) is 2.84. The van der Waals surface area contributed by atoms with Crippen LogP contribution in [0.5, 0.6) is 0 Å². The quantitative estimate of drug-likeness (QED) is 0.405. The van der Waals surface area contributed by atoms with Crippen molar-refractivity contribution in [3.63, 3.8) is 0 Å². The van der Waals surface area contributed by atoms with E-state index in [2.05, 4.69) is 0 Å². The molecule has 0 aliphatic carbocycles. The predicted octanol–water partition coefficient (Wildman–Crippen LogP) is -1.16. The number of hydrogen-bond donors (Lipinski definition) is 3. The van der Waals surface area contributed by atoms with Crippen molar-refractivity contribution in [3.05, 3.63) is 0 Å². The summed E-state index contributed by atoms with van der Waals surface area (Å²) in [5.74, 6) is 0. The van der Waals surface area contributed by atoms with E-state index in [9.17, 15) is 0 Å². The molecule has 1 heterocycles. The summed E-state index contributed by atoms with van der Waals surface area (Å²) >= 11 is 0. The second-order valence-electron chi connectivity index (χ2n) is 2.59. The molecule has 4 heteroatoms. The van der Waals surface area contributed by atoms with Gasteiger partial charge in [-0.2, -0.15) is 0 Å². The van der Waals surface area contributed by atoms with Gasteiger partial charge in [-0.25, -0.2) is 0 Å². The minimum atomic E-state index is -0.937. The van der Waals surface area contributed by atoms with E-state index in [1.807, 2.05) is 0 Å². The van der Waals surface area contributed by atoms with Crippen molar-refractivity contribution in [2.75, 3.05) is 0 Å². The van der Waals surface area contributed by atoms with Gasteiger partial charge in [0.05, 0.1) is 12.2 Å². The third-order valence-electron chi connectivity index (χ3n) is 1.69. The molecule has 0 bridgehead atoms. The molecular formula is C6H12O4. The molecular weight excluding hydrogens is 136 g/mol. The molecule has 3 N–H and O–H groups in total. The predicted molar refractivity (Wildman–Crippen MR) is 33.2 cm³/mol. The summed E-state index contributed by atoms with van der Waals surface area (Å²) in [6.07, 6.45) is -3.07. The van der Waals surface area contributed by atoms with Crippen LogP contribution in [0, 0.1) is 0 Å². The van der Waals surface area contributed by atoms with Gasteiger partial charge < -0.3 is 20.1 Å². The fourth-order valence-corrected chi connectivity index (χ4v) is 1.04. The lowest BCUT2D eigenvalue weighted by atomic mass is 10.0. The van der Waals surface area contributed by atoms with Gasteiger partial charge >= 0.3 is 0 Å². The molecule has 0 aromatic rings. The van der Waals surface area contributed by atoms with Gasteiger partial charge in [0.1, 0.15) is 6.10 Å². The topological polar surface area (TPSA) is 69.9 Å². The van der Waals surface area contributed by atoms with Crippen LogP contribution in [-0.2, 0) is 4.74 Å². The van der Waals surface area contributed by atoms with E-state index in [-0.39, 0.29) is 6.42 Å². The largest absolute Gasteiger partial charge is 0.390 e. The molecule has 1 fully saturated rings. The average molecular weight is 148 g/mol. The van der Waals surface area contributed by atoms with Crippen LogP contribution in [0.1, 0.15) is 13.3 Å². The first kappa shape index (κ1) is 7.94. The molecule has 4 atom stereocenters. The monoisotopic (exact) mass is 148 g/mol. The summed E-state index contributed by atoms with van der Waals surface area (Å²) in [5, 5.41) is 27.0. The van der Waals surface area contributed by atoms with E-state index in [0.29, 0.717) is 0 Å². The third kappa shape index (κ3) is 1.46. The fraction of sp³-hybridized carbons (Fsp3) is 1.00. The first-order valence-corrected chi connectivity index (χ1v) is 3.31. The van der Waals surface area contributed by atoms with Gasteiger partial charge in [-0.15, -0.1) is 0 Å². The second-order valence-corrected chi connectivity index (χ2v) is 2.59. The highest BCUT2D eigenvalue weighted by Crippen LogP contribution is 2.17. The Labute approximate surface area is 59.1 Å². The summed E-state index contributed by atoms with van der Waals surface area (Å²) in [6, 6.07) is 0. The molecule has 60 valence electrons. The van der Waals surface area contributed by atoms with Crippen LogP contribution in [0.2, 0.25) is 0 Å². The highest BCUT2D eigenvalue weighted by Gasteiger charge is 2.32. The van der Waals surface area contributed by atoms with E-state index in [1.165, 1.54) is 0 Å². The van der Waals surface area contributed by atoms with Gasteiger partial charge in [-0.05, 0) is 6.92 Å². The number of aliphatic hydroxyl groups is 3. The minimum Gasteiger partial charge on any atom is -0.390 e. The van der Waals surface area contributed by atoms with Crippen LogP contribution in [0.3, 0.4) is 0 Å². The van der Waals surface area contributed by atoms with Crippen molar-refractivity contribution in [3.8, 4) is 0 Å². The third-order valence-corrected chi connectivity index (χ3v) is 1.69. The van der Waals surface area contributed by atoms with E-state index in [0.717, 1.165) is 0 Å². The van der Waals surface area contributed by atoms with Crippen LogP contribution in [0.4, 0.5) is 0 Å². The summed E-state index contributed by atoms with van der Waals surface area (Å²) in [7, 11) is 0. The van der Waals surface area contributed by atoms with E-state index >= 15 is 0 Å². The molecule has 1 unspecified atom stereocenters. The first-order chi connectivity index (χ1) is 4.61. The molecule has 10 heavy (non-hydrogen) atoms. The molecule has 1 aliphatic heterocycles. The van der Waals surface area contributed by atoms with E-state index < -0.39 is 24.6 Å². The lowest BCUT2D eigenvalue weighted by Crippen LogP contribution is -2.46. The van der Waals surface area contributed by atoms with Crippen molar-refractivity contribution < 1.29 is 20.1 Å². The van der Waals surface area contributed by atoms with Crippen molar-refractivity contribution >= 4 is 0 Å². The molecule has 1 aliphatic rings. The molecule has 0 spiro atoms. The number of hydrogen-bond acceptors (Lipinski definition) is 4. The van der Waals surface area contributed by atoms with Crippen LogP contribution >= 0.6 is 0 Å². The van der Waals surface area contributed by atoms with Crippen LogP contribution < -0.4 is 0 Å². The zero-order valence-electron chi connectivity index (χ0n) is 5.77. The van der Waals surface area contributed by atoms with Gasteiger partial charge in [0.15, 0.2) is 6.29 Å². The van der Waals surface area contributed by atoms with Crippen LogP contribution in [0.25, 0.3) is 0 Å². The summed E-state index contributed by atoms with van der Waals surface area (Å²) in [6.45, 7) is 1.61. The van der Waals surface area contributed by atoms with Gasteiger partial charge in [-0.1, -0.05) is 0 Å². The first-order valence-electron chi connectivity index (χ1n) is 3.31. The average Bonchev–Trinajstić information content (AvgIpc) is 1.82. The Morgan fingerprint density at radius 1 is 1.30 bits per heavy atom. The van der Waals surface area contributed by atoms with Crippen molar-refractivity contribution in [1.29, 1.82) is 0 Å². The van der Waals surface area contributed by atoms with Gasteiger partial charge in [0, 0.05) is 6.42 Å². The highest BCUT2D eigenvalue weighted by atomic mass is 16.6. The maximum atomic E-state index is 9.08. The lowest BCUT2D eigenvalue weighted by molar-refractivity contribution is -0.226. The summed E-state index contributed by atoms with van der Waals surface area (Å²) in [4.78, 5) is 0. The Morgan fingerprint density at radius 3 is 2.40 bits per heavy atom. The minimum absolute atomic E-state index is 0.0888. The molecule has 0 aromatic carbocycles.